The Balaban J connectivity index is 2.10. The van der Waals surface area contributed by atoms with Crippen LogP contribution < -0.4 is 15.4 Å². The molecule has 0 amide bonds. The molecule has 0 aliphatic carbocycles. The van der Waals surface area contributed by atoms with Gasteiger partial charge in [0.05, 0.1) is 0 Å². The van der Waals surface area contributed by atoms with Crippen LogP contribution in [0.2, 0.25) is 0 Å². The fourth-order valence-corrected chi connectivity index (χ4v) is 2.53. The molecule has 1 aromatic carbocycles. The van der Waals surface area contributed by atoms with Crippen LogP contribution in [0.4, 0.5) is 0 Å². The maximum Gasteiger partial charge on any atom is 0.249 e. The molecule has 4 N–H and O–H groups in total. The van der Waals surface area contributed by atoms with E-state index in [4.69, 9.17) is 5.14 Å². The van der Waals surface area contributed by atoms with Crippen molar-refractivity contribution in [1.29, 1.82) is 0 Å². The summed E-state index contributed by atoms with van der Waals surface area (Å²) in [5.41, 5.74) is 3.71. The van der Waals surface area contributed by atoms with Crippen LogP contribution in [-0.2, 0) is 6.54 Å². The van der Waals surface area contributed by atoms with E-state index in [1.807, 2.05) is 24.3 Å². The van der Waals surface area contributed by atoms with Gasteiger partial charge in [-0.2, -0.15) is 0 Å². The number of hydrogen-bond acceptors (Lipinski definition) is 5. The Morgan fingerprint density at radius 3 is 3.00 bits per heavy atom. The minimum absolute atomic E-state index is 0.148. The van der Waals surface area contributed by atoms with Gasteiger partial charge in [0.2, 0.25) is 5.56 Å². The molecule has 0 atom stereocenters. The molecule has 0 bridgehead atoms. The van der Waals surface area contributed by atoms with Gasteiger partial charge >= 0.3 is 0 Å². The van der Waals surface area contributed by atoms with Gasteiger partial charge in [-0.25, -0.2) is 9.71 Å². The Hall–Kier alpha value is -2.15. The maximum absolute atomic E-state index is 11.4. The normalized spacial score (nSPS) is 10.9. The third kappa shape index (κ3) is 2.97. The first kappa shape index (κ1) is 13.8. The molecular formula is C15H14N4OS. The Labute approximate surface area is 125 Å². The number of fused-ring (bicyclic) bond motifs is 1. The molecule has 2 aromatic heterocycles. The van der Waals surface area contributed by atoms with Gasteiger partial charge in [-0.1, -0.05) is 18.2 Å². The molecule has 3 rings (SSSR count). The zero-order chi connectivity index (χ0) is 14.7. The molecular weight excluding hydrogens is 284 g/mol. The summed E-state index contributed by atoms with van der Waals surface area (Å²) < 4.78 is 3.02. The standard InChI is InChI=1S/C15H14N4OS/c16-21-18-9-10-2-1-3-11(8-10)12-6-7-17-15-13(12)4-5-14(20)19-15/h1-8,18H,9,16H2,(H,17,19,20). The van der Waals surface area contributed by atoms with Crippen molar-refractivity contribution in [3.63, 3.8) is 0 Å². The van der Waals surface area contributed by atoms with Crippen LogP contribution in [0, 0.1) is 0 Å². The first-order valence-corrected chi connectivity index (χ1v) is 7.32. The monoisotopic (exact) mass is 298 g/mol. The molecule has 0 saturated carbocycles. The number of benzene rings is 1. The molecule has 5 nitrogen and oxygen atoms in total. The zero-order valence-electron chi connectivity index (χ0n) is 11.2. The van der Waals surface area contributed by atoms with Gasteiger partial charge < -0.3 is 4.98 Å². The predicted octanol–water partition coefficient (Wildman–Crippen LogP) is 2.20. The summed E-state index contributed by atoms with van der Waals surface area (Å²) >= 11 is 1.10. The predicted molar refractivity (Wildman–Crippen MR) is 86.4 cm³/mol. The first-order chi connectivity index (χ1) is 10.3. The second-order valence-electron chi connectivity index (χ2n) is 4.58. The minimum Gasteiger partial charge on any atom is -0.307 e. The average Bonchev–Trinajstić information content (AvgIpc) is 2.52. The van der Waals surface area contributed by atoms with Crippen molar-refractivity contribution in [2.24, 2.45) is 5.14 Å². The smallest absolute Gasteiger partial charge is 0.249 e. The number of rotatable bonds is 4. The number of nitrogens with zero attached hydrogens (tertiary/aromatic N) is 1. The Kier molecular flexibility index (Phi) is 4.01. The number of H-pyrrole nitrogens is 1. The molecule has 2 heterocycles. The van der Waals surface area contributed by atoms with E-state index >= 15 is 0 Å². The Morgan fingerprint density at radius 2 is 2.14 bits per heavy atom. The molecule has 0 unspecified atom stereocenters. The lowest BCUT2D eigenvalue weighted by Gasteiger charge is -2.08. The van der Waals surface area contributed by atoms with E-state index in [1.165, 1.54) is 6.07 Å². The van der Waals surface area contributed by atoms with E-state index in [9.17, 15) is 4.79 Å². The molecule has 0 saturated heterocycles. The summed E-state index contributed by atoms with van der Waals surface area (Å²) in [6.45, 7) is 0.689. The van der Waals surface area contributed by atoms with Crippen LogP contribution in [-0.4, -0.2) is 9.97 Å². The highest BCUT2D eigenvalue weighted by atomic mass is 32.2. The summed E-state index contributed by atoms with van der Waals surface area (Å²) in [5.74, 6) is 0. The highest BCUT2D eigenvalue weighted by Crippen LogP contribution is 2.26. The highest BCUT2D eigenvalue weighted by Gasteiger charge is 2.06. The van der Waals surface area contributed by atoms with E-state index in [2.05, 4.69) is 20.8 Å². The molecule has 6 heteroatoms. The second-order valence-corrected chi connectivity index (χ2v) is 5.11. The summed E-state index contributed by atoms with van der Waals surface area (Å²) in [7, 11) is 0. The van der Waals surface area contributed by atoms with Gasteiger partial charge in [-0.05, 0) is 34.9 Å². The van der Waals surface area contributed by atoms with E-state index in [-0.39, 0.29) is 5.56 Å². The van der Waals surface area contributed by atoms with E-state index in [1.54, 1.807) is 12.3 Å². The summed E-state index contributed by atoms with van der Waals surface area (Å²) in [4.78, 5) is 18.3. The number of hydrogen-bond donors (Lipinski definition) is 3. The summed E-state index contributed by atoms with van der Waals surface area (Å²) in [5, 5.41) is 6.30. The molecule has 0 aliphatic heterocycles. The number of pyridine rings is 2. The fourth-order valence-electron chi connectivity index (χ4n) is 2.28. The summed E-state index contributed by atoms with van der Waals surface area (Å²) in [6.07, 6.45) is 1.70. The van der Waals surface area contributed by atoms with Crippen molar-refractivity contribution in [2.75, 3.05) is 0 Å². The molecule has 106 valence electrons. The van der Waals surface area contributed by atoms with Crippen molar-refractivity contribution in [1.82, 2.24) is 14.7 Å². The van der Waals surface area contributed by atoms with Crippen molar-refractivity contribution in [3.05, 3.63) is 64.6 Å². The molecule has 0 fully saturated rings. The quantitative estimate of drug-likeness (QED) is 0.643. The molecule has 0 spiro atoms. The third-order valence-corrected chi connectivity index (χ3v) is 3.54. The number of nitrogens with two attached hydrogens (primary N) is 1. The van der Waals surface area contributed by atoms with E-state index < -0.39 is 0 Å². The Bertz CT molecular complexity index is 831. The number of aromatic nitrogens is 2. The first-order valence-electron chi connectivity index (χ1n) is 6.44. The van der Waals surface area contributed by atoms with Crippen LogP contribution in [0.1, 0.15) is 5.56 Å². The lowest BCUT2D eigenvalue weighted by molar-refractivity contribution is 0.978. The van der Waals surface area contributed by atoms with Gasteiger partial charge in [0.25, 0.3) is 0 Å². The molecule has 21 heavy (non-hydrogen) atoms. The van der Waals surface area contributed by atoms with Crippen molar-refractivity contribution < 1.29 is 0 Å². The van der Waals surface area contributed by atoms with Crippen LogP contribution in [0.15, 0.2) is 53.5 Å². The lowest BCUT2D eigenvalue weighted by Crippen LogP contribution is -2.06. The zero-order valence-corrected chi connectivity index (χ0v) is 12.0. The van der Waals surface area contributed by atoms with Gasteiger partial charge in [0.15, 0.2) is 0 Å². The van der Waals surface area contributed by atoms with Crippen molar-refractivity contribution in [3.8, 4) is 11.1 Å². The van der Waals surface area contributed by atoms with Gasteiger partial charge in [0.1, 0.15) is 5.65 Å². The molecule has 0 radical (unpaired) electrons. The lowest BCUT2D eigenvalue weighted by atomic mass is 10.0. The van der Waals surface area contributed by atoms with Crippen LogP contribution in [0.5, 0.6) is 0 Å². The number of aromatic amines is 1. The van der Waals surface area contributed by atoms with Gasteiger partial charge in [0, 0.05) is 36.3 Å². The Morgan fingerprint density at radius 1 is 1.24 bits per heavy atom. The highest BCUT2D eigenvalue weighted by molar-refractivity contribution is 7.95. The minimum atomic E-state index is -0.148. The van der Waals surface area contributed by atoms with Crippen molar-refractivity contribution >= 4 is 23.2 Å². The van der Waals surface area contributed by atoms with E-state index in [0.29, 0.717) is 12.2 Å². The largest absolute Gasteiger partial charge is 0.307 e. The SMILES string of the molecule is NSNCc1cccc(-c2ccnc3[nH]c(=O)ccc23)c1. The second kappa shape index (κ2) is 6.09. The maximum atomic E-state index is 11.4. The van der Waals surface area contributed by atoms with Gasteiger partial charge in [-0.3, -0.25) is 9.93 Å². The third-order valence-electron chi connectivity index (χ3n) is 3.23. The van der Waals surface area contributed by atoms with Crippen LogP contribution in [0.3, 0.4) is 0 Å². The topological polar surface area (TPSA) is 83.8 Å². The number of nitrogens with one attached hydrogen (secondary N) is 2. The van der Waals surface area contributed by atoms with Crippen LogP contribution >= 0.6 is 12.1 Å². The summed E-state index contributed by atoms with van der Waals surface area (Å²) in [6, 6.07) is 13.5. The molecule has 0 aliphatic rings. The van der Waals surface area contributed by atoms with Crippen molar-refractivity contribution in [2.45, 2.75) is 6.54 Å². The van der Waals surface area contributed by atoms with E-state index in [0.717, 1.165) is 34.2 Å². The van der Waals surface area contributed by atoms with Crippen LogP contribution in [0.25, 0.3) is 22.2 Å². The van der Waals surface area contributed by atoms with Gasteiger partial charge in [-0.15, -0.1) is 0 Å². The average molecular weight is 298 g/mol. The fraction of sp³-hybridized carbons (Fsp3) is 0.0667. The molecule has 3 aromatic rings.